The summed E-state index contributed by atoms with van der Waals surface area (Å²) in [5.41, 5.74) is 1.25. The van der Waals surface area contributed by atoms with Crippen molar-refractivity contribution in [3.05, 3.63) is 50.6 Å². The summed E-state index contributed by atoms with van der Waals surface area (Å²) in [7, 11) is -3.66. The van der Waals surface area contributed by atoms with Crippen molar-refractivity contribution in [2.45, 2.75) is 18.7 Å². The first-order valence-corrected chi connectivity index (χ1v) is 10.2. The van der Waals surface area contributed by atoms with Gasteiger partial charge in [0, 0.05) is 15.3 Å². The van der Waals surface area contributed by atoms with Gasteiger partial charge >= 0.3 is 0 Å². The lowest BCUT2D eigenvalue weighted by Crippen LogP contribution is -2.13. The van der Waals surface area contributed by atoms with E-state index in [1.807, 2.05) is 12.3 Å². The minimum Gasteiger partial charge on any atom is -0.280 e. The SMILES string of the molecule is Cc1nc(-c2cc(S(=O)(=O)Nc3cccc(Cl)c3)c(C)s2)cs1. The van der Waals surface area contributed by atoms with Crippen molar-refractivity contribution in [3.8, 4) is 10.6 Å². The van der Waals surface area contributed by atoms with E-state index in [-0.39, 0.29) is 4.90 Å². The van der Waals surface area contributed by atoms with Crippen molar-refractivity contribution in [2.24, 2.45) is 0 Å². The molecular weight excluding hydrogens is 372 g/mol. The number of thiazole rings is 1. The smallest absolute Gasteiger partial charge is 0.263 e. The zero-order valence-corrected chi connectivity index (χ0v) is 15.5. The summed E-state index contributed by atoms with van der Waals surface area (Å²) in [5.74, 6) is 0. The Morgan fingerprint density at radius 2 is 2.00 bits per heavy atom. The zero-order valence-electron chi connectivity index (χ0n) is 12.3. The second-order valence-electron chi connectivity index (χ2n) is 4.90. The Balaban J connectivity index is 1.95. The van der Waals surface area contributed by atoms with Gasteiger partial charge in [-0.15, -0.1) is 22.7 Å². The number of hydrogen-bond acceptors (Lipinski definition) is 5. The summed E-state index contributed by atoms with van der Waals surface area (Å²) in [5, 5.41) is 3.36. The zero-order chi connectivity index (χ0) is 16.6. The number of nitrogens with one attached hydrogen (secondary N) is 1. The van der Waals surface area contributed by atoms with Gasteiger partial charge in [-0.1, -0.05) is 17.7 Å². The van der Waals surface area contributed by atoms with Crippen LogP contribution in [0.5, 0.6) is 0 Å². The molecule has 0 saturated heterocycles. The first-order valence-electron chi connectivity index (χ1n) is 6.66. The van der Waals surface area contributed by atoms with Crippen LogP contribution in [0.15, 0.2) is 40.6 Å². The molecule has 0 spiro atoms. The van der Waals surface area contributed by atoms with Crippen LogP contribution in [0, 0.1) is 13.8 Å². The van der Waals surface area contributed by atoms with Crippen LogP contribution >= 0.6 is 34.3 Å². The molecule has 0 bridgehead atoms. The van der Waals surface area contributed by atoms with E-state index >= 15 is 0 Å². The number of sulfonamides is 1. The molecule has 0 atom stereocenters. The Labute approximate surface area is 147 Å². The van der Waals surface area contributed by atoms with Crippen LogP contribution in [0.25, 0.3) is 10.6 Å². The van der Waals surface area contributed by atoms with E-state index in [9.17, 15) is 8.42 Å². The second-order valence-corrected chi connectivity index (χ2v) is 9.30. The fourth-order valence-corrected chi connectivity index (χ4v) is 5.58. The Bertz CT molecular complexity index is 961. The van der Waals surface area contributed by atoms with Gasteiger partial charge in [0.25, 0.3) is 10.0 Å². The molecule has 2 heterocycles. The van der Waals surface area contributed by atoms with Crippen molar-refractivity contribution in [3.63, 3.8) is 0 Å². The van der Waals surface area contributed by atoms with Crippen LogP contribution in [0.3, 0.4) is 0 Å². The standard InChI is InChI=1S/C15H13ClN2O2S3/c1-9-15(7-14(22-9)13-8-21-10(2)17-13)23(19,20)18-12-5-3-4-11(16)6-12/h3-8,18H,1-2H3. The Kier molecular flexibility index (Phi) is 4.46. The predicted molar refractivity (Wildman–Crippen MR) is 97.2 cm³/mol. The van der Waals surface area contributed by atoms with Gasteiger partial charge in [0.05, 0.1) is 21.3 Å². The maximum absolute atomic E-state index is 12.6. The highest BCUT2D eigenvalue weighted by atomic mass is 35.5. The summed E-state index contributed by atoms with van der Waals surface area (Å²) >= 11 is 8.86. The molecular formula is C15H13ClN2O2S3. The van der Waals surface area contributed by atoms with Gasteiger partial charge in [0.2, 0.25) is 0 Å². The summed E-state index contributed by atoms with van der Waals surface area (Å²) in [6.07, 6.45) is 0. The van der Waals surface area contributed by atoms with Gasteiger partial charge < -0.3 is 0 Å². The van der Waals surface area contributed by atoms with Gasteiger partial charge in [-0.25, -0.2) is 13.4 Å². The molecule has 1 N–H and O–H groups in total. The van der Waals surface area contributed by atoms with E-state index in [1.165, 1.54) is 11.3 Å². The molecule has 0 aliphatic heterocycles. The van der Waals surface area contributed by atoms with E-state index in [4.69, 9.17) is 11.6 Å². The number of nitrogens with zero attached hydrogens (tertiary/aromatic N) is 1. The molecule has 0 saturated carbocycles. The first kappa shape index (κ1) is 16.4. The Morgan fingerprint density at radius 1 is 1.22 bits per heavy atom. The molecule has 8 heteroatoms. The maximum atomic E-state index is 12.6. The third-order valence-corrected chi connectivity index (χ3v) is 6.83. The molecule has 2 aromatic heterocycles. The van der Waals surface area contributed by atoms with E-state index in [2.05, 4.69) is 9.71 Å². The molecule has 3 rings (SSSR count). The largest absolute Gasteiger partial charge is 0.280 e. The monoisotopic (exact) mass is 384 g/mol. The lowest BCUT2D eigenvalue weighted by Gasteiger charge is -2.07. The van der Waals surface area contributed by atoms with Crippen LogP contribution in [-0.4, -0.2) is 13.4 Å². The number of aryl methyl sites for hydroxylation is 2. The lowest BCUT2D eigenvalue weighted by molar-refractivity contribution is 0.601. The van der Waals surface area contributed by atoms with Gasteiger partial charge in [-0.05, 0) is 38.1 Å². The lowest BCUT2D eigenvalue weighted by atomic mass is 10.3. The van der Waals surface area contributed by atoms with Gasteiger partial charge in [-0.3, -0.25) is 4.72 Å². The molecule has 0 fully saturated rings. The number of halogens is 1. The molecule has 4 nitrogen and oxygen atoms in total. The molecule has 3 aromatic rings. The molecule has 0 aliphatic carbocycles. The van der Waals surface area contributed by atoms with Crippen LogP contribution in [0.2, 0.25) is 5.02 Å². The number of aromatic nitrogens is 1. The molecule has 0 radical (unpaired) electrons. The molecule has 0 unspecified atom stereocenters. The number of anilines is 1. The third kappa shape index (κ3) is 3.58. The minimum atomic E-state index is -3.66. The topological polar surface area (TPSA) is 59.1 Å². The normalized spacial score (nSPS) is 11.6. The Hall–Kier alpha value is -1.41. The van der Waals surface area contributed by atoms with Crippen molar-refractivity contribution in [2.75, 3.05) is 4.72 Å². The second kappa shape index (κ2) is 6.24. The highest BCUT2D eigenvalue weighted by molar-refractivity contribution is 7.93. The number of hydrogen-bond donors (Lipinski definition) is 1. The summed E-state index contributed by atoms with van der Waals surface area (Å²) in [6, 6.07) is 8.30. The summed E-state index contributed by atoms with van der Waals surface area (Å²) < 4.78 is 27.8. The molecule has 0 amide bonds. The number of thiophene rings is 1. The molecule has 0 aliphatic rings. The molecule has 120 valence electrons. The van der Waals surface area contributed by atoms with E-state index < -0.39 is 10.0 Å². The predicted octanol–water partition coefficient (Wildman–Crippen LogP) is 4.94. The fourth-order valence-electron chi connectivity index (χ4n) is 2.10. The maximum Gasteiger partial charge on any atom is 0.263 e. The quantitative estimate of drug-likeness (QED) is 0.692. The van der Waals surface area contributed by atoms with Crippen LogP contribution in [-0.2, 0) is 10.0 Å². The van der Waals surface area contributed by atoms with E-state index in [0.717, 1.165) is 20.5 Å². The molecule has 1 aromatic carbocycles. The number of benzene rings is 1. The summed E-state index contributed by atoms with van der Waals surface area (Å²) in [4.78, 5) is 6.24. The van der Waals surface area contributed by atoms with Crippen molar-refractivity contribution in [1.82, 2.24) is 4.98 Å². The highest BCUT2D eigenvalue weighted by Gasteiger charge is 2.21. The van der Waals surface area contributed by atoms with Gasteiger partial charge in [-0.2, -0.15) is 0 Å². The average molecular weight is 385 g/mol. The minimum absolute atomic E-state index is 0.267. The van der Waals surface area contributed by atoms with Gasteiger partial charge in [0.1, 0.15) is 4.90 Å². The first-order chi connectivity index (χ1) is 10.8. The summed E-state index contributed by atoms with van der Waals surface area (Å²) in [6.45, 7) is 3.72. The highest BCUT2D eigenvalue weighted by Crippen LogP contribution is 2.34. The number of rotatable bonds is 4. The van der Waals surface area contributed by atoms with Crippen molar-refractivity contribution < 1.29 is 8.42 Å². The average Bonchev–Trinajstić information content (AvgIpc) is 3.04. The van der Waals surface area contributed by atoms with Crippen molar-refractivity contribution in [1.29, 1.82) is 0 Å². The van der Waals surface area contributed by atoms with E-state index in [1.54, 1.807) is 48.6 Å². The fraction of sp³-hybridized carbons (Fsp3) is 0.133. The van der Waals surface area contributed by atoms with Crippen LogP contribution in [0.4, 0.5) is 5.69 Å². The van der Waals surface area contributed by atoms with Crippen LogP contribution in [0.1, 0.15) is 9.88 Å². The Morgan fingerprint density at radius 3 is 2.65 bits per heavy atom. The third-order valence-electron chi connectivity index (χ3n) is 3.11. The van der Waals surface area contributed by atoms with Crippen LogP contribution < -0.4 is 4.72 Å². The van der Waals surface area contributed by atoms with E-state index in [0.29, 0.717) is 10.7 Å². The molecule has 23 heavy (non-hydrogen) atoms. The van der Waals surface area contributed by atoms with Gasteiger partial charge in [0.15, 0.2) is 0 Å². The van der Waals surface area contributed by atoms with Crippen molar-refractivity contribution >= 4 is 50.0 Å².